The largest absolute Gasteiger partial charge is 0.341 e. The van der Waals surface area contributed by atoms with Crippen LogP contribution in [0, 0.1) is 5.92 Å². The lowest BCUT2D eigenvalue weighted by atomic mass is 9.96. The van der Waals surface area contributed by atoms with Gasteiger partial charge in [-0.05, 0) is 56.1 Å². The maximum atomic E-state index is 12.5. The number of rotatable bonds is 6. The van der Waals surface area contributed by atoms with Crippen molar-refractivity contribution in [1.29, 1.82) is 0 Å². The third kappa shape index (κ3) is 5.36. The van der Waals surface area contributed by atoms with Crippen molar-refractivity contribution in [3.63, 3.8) is 0 Å². The number of piperidine rings is 1. The van der Waals surface area contributed by atoms with Gasteiger partial charge in [0.1, 0.15) is 0 Å². The summed E-state index contributed by atoms with van der Waals surface area (Å²) < 4.78 is 47.8. The molecule has 9 heteroatoms. The Morgan fingerprint density at radius 2 is 1.80 bits per heavy atom. The fraction of sp³-hybridized carbons (Fsp3) is 0.562. The number of carbonyl (C=O) groups excluding carboxylic acids is 1. The van der Waals surface area contributed by atoms with Crippen LogP contribution in [0.1, 0.15) is 30.1 Å². The van der Waals surface area contributed by atoms with E-state index in [2.05, 4.69) is 12.2 Å². The van der Waals surface area contributed by atoms with E-state index < -0.39 is 20.5 Å². The van der Waals surface area contributed by atoms with Crippen molar-refractivity contribution in [2.75, 3.05) is 26.2 Å². The second kappa shape index (κ2) is 9.45. The molecule has 1 saturated heterocycles. The lowest BCUT2D eigenvalue weighted by Gasteiger charge is -2.32. The Morgan fingerprint density at radius 3 is 2.28 bits per heavy atom. The SMILES string of the molecule is CCNCC1CCN(C(=O)c2ccc(S(=O)(=O)C(F)F)cc2)CC1.Cl. The van der Waals surface area contributed by atoms with Crippen molar-refractivity contribution in [2.24, 2.45) is 5.92 Å². The summed E-state index contributed by atoms with van der Waals surface area (Å²) >= 11 is 0. The van der Waals surface area contributed by atoms with E-state index in [0.717, 1.165) is 38.1 Å². The van der Waals surface area contributed by atoms with Crippen LogP contribution in [0.2, 0.25) is 0 Å². The minimum atomic E-state index is -4.63. The molecule has 1 N–H and O–H groups in total. The standard InChI is InChI=1S/C16H22F2N2O3S.ClH/c1-2-19-11-12-7-9-20(10-8-12)15(21)13-3-5-14(6-4-13)24(22,23)16(17)18;/h3-6,12,16,19H,2,7-11H2,1H3;1H. The lowest BCUT2D eigenvalue weighted by molar-refractivity contribution is 0.0690. The number of hydrogen-bond donors (Lipinski definition) is 1. The zero-order chi connectivity index (χ0) is 17.7. The van der Waals surface area contributed by atoms with Gasteiger partial charge in [-0.15, -0.1) is 12.4 Å². The quantitative estimate of drug-likeness (QED) is 0.802. The number of hydrogen-bond acceptors (Lipinski definition) is 4. The molecule has 1 aromatic carbocycles. The van der Waals surface area contributed by atoms with Gasteiger partial charge in [-0.3, -0.25) is 4.79 Å². The summed E-state index contributed by atoms with van der Waals surface area (Å²) in [6, 6.07) is 4.71. The first-order valence-electron chi connectivity index (χ1n) is 7.98. The van der Waals surface area contributed by atoms with Crippen molar-refractivity contribution < 1.29 is 22.0 Å². The van der Waals surface area contributed by atoms with E-state index in [1.54, 1.807) is 4.90 Å². The van der Waals surface area contributed by atoms with Gasteiger partial charge in [0, 0.05) is 18.7 Å². The van der Waals surface area contributed by atoms with Crippen LogP contribution in [0.4, 0.5) is 8.78 Å². The van der Waals surface area contributed by atoms with Gasteiger partial charge in [-0.1, -0.05) is 6.92 Å². The van der Waals surface area contributed by atoms with Crippen molar-refractivity contribution in [3.05, 3.63) is 29.8 Å². The molecule has 1 amide bonds. The van der Waals surface area contributed by atoms with Crippen LogP contribution in [0.15, 0.2) is 29.2 Å². The minimum Gasteiger partial charge on any atom is -0.339 e. The molecule has 25 heavy (non-hydrogen) atoms. The molecule has 1 aliphatic heterocycles. The highest BCUT2D eigenvalue weighted by Crippen LogP contribution is 2.21. The number of alkyl halides is 2. The van der Waals surface area contributed by atoms with Crippen molar-refractivity contribution in [2.45, 2.75) is 30.4 Å². The van der Waals surface area contributed by atoms with E-state index in [-0.39, 0.29) is 18.3 Å². The van der Waals surface area contributed by atoms with E-state index in [1.165, 1.54) is 12.1 Å². The smallest absolute Gasteiger partial charge is 0.339 e. The molecule has 142 valence electrons. The van der Waals surface area contributed by atoms with E-state index in [9.17, 15) is 22.0 Å². The van der Waals surface area contributed by atoms with E-state index >= 15 is 0 Å². The summed E-state index contributed by atoms with van der Waals surface area (Å²) in [7, 11) is -4.63. The molecule has 5 nitrogen and oxygen atoms in total. The van der Waals surface area contributed by atoms with Gasteiger partial charge in [0.25, 0.3) is 5.91 Å². The zero-order valence-electron chi connectivity index (χ0n) is 14.0. The van der Waals surface area contributed by atoms with Gasteiger partial charge in [-0.25, -0.2) is 8.42 Å². The number of sulfone groups is 1. The van der Waals surface area contributed by atoms with Crippen LogP contribution in [0.3, 0.4) is 0 Å². The molecule has 0 aliphatic carbocycles. The molecular weight excluding hydrogens is 374 g/mol. The number of amides is 1. The Balaban J connectivity index is 0.00000312. The number of likely N-dealkylation sites (tertiary alicyclic amines) is 1. The van der Waals surface area contributed by atoms with Crippen LogP contribution in [-0.4, -0.2) is 51.2 Å². The summed E-state index contributed by atoms with van der Waals surface area (Å²) in [6.45, 7) is 5.21. The van der Waals surface area contributed by atoms with Crippen LogP contribution in [-0.2, 0) is 9.84 Å². The fourth-order valence-electron chi connectivity index (χ4n) is 2.76. The van der Waals surface area contributed by atoms with E-state index in [4.69, 9.17) is 0 Å². The monoisotopic (exact) mass is 396 g/mol. The molecule has 0 bridgehead atoms. The van der Waals surface area contributed by atoms with Crippen molar-refractivity contribution >= 4 is 28.2 Å². The molecule has 0 spiro atoms. The molecule has 1 aliphatic rings. The van der Waals surface area contributed by atoms with Gasteiger partial charge >= 0.3 is 5.76 Å². The van der Waals surface area contributed by atoms with Crippen LogP contribution < -0.4 is 5.32 Å². The Bertz CT molecular complexity index is 660. The number of benzene rings is 1. The summed E-state index contributed by atoms with van der Waals surface area (Å²) in [4.78, 5) is 13.7. The topological polar surface area (TPSA) is 66.5 Å². The van der Waals surface area contributed by atoms with Gasteiger partial charge < -0.3 is 10.2 Å². The molecule has 0 unspecified atom stereocenters. The molecule has 1 heterocycles. The van der Waals surface area contributed by atoms with Crippen LogP contribution >= 0.6 is 12.4 Å². The zero-order valence-corrected chi connectivity index (χ0v) is 15.6. The summed E-state index contributed by atoms with van der Waals surface area (Å²) in [5.41, 5.74) is 0.313. The van der Waals surface area contributed by atoms with Gasteiger partial charge in [-0.2, -0.15) is 8.78 Å². The summed E-state index contributed by atoms with van der Waals surface area (Å²) in [5, 5.41) is 3.30. The maximum Gasteiger partial charge on any atom is 0.341 e. The fourth-order valence-corrected chi connectivity index (χ4v) is 3.48. The van der Waals surface area contributed by atoms with Gasteiger partial charge in [0.2, 0.25) is 9.84 Å². The minimum absolute atomic E-state index is 0. The predicted octanol–water partition coefficient (Wildman–Crippen LogP) is 2.57. The maximum absolute atomic E-state index is 12.5. The summed E-state index contributed by atoms with van der Waals surface area (Å²) in [5.74, 6) is -3.11. The second-order valence-corrected chi connectivity index (χ2v) is 7.79. The van der Waals surface area contributed by atoms with Crippen LogP contribution in [0.5, 0.6) is 0 Å². The first kappa shape index (κ1) is 21.8. The van der Waals surface area contributed by atoms with E-state index in [1.807, 2.05) is 0 Å². The highest BCUT2D eigenvalue weighted by Gasteiger charge is 2.27. The number of nitrogens with zero attached hydrogens (tertiary/aromatic N) is 1. The molecule has 2 rings (SSSR count). The molecule has 1 aromatic rings. The van der Waals surface area contributed by atoms with Gasteiger partial charge in [0.15, 0.2) is 0 Å². The highest BCUT2D eigenvalue weighted by atomic mass is 35.5. The lowest BCUT2D eigenvalue weighted by Crippen LogP contribution is -2.40. The molecular formula is C16H23ClF2N2O3S. The Hall–Kier alpha value is -1.25. The molecule has 1 fully saturated rings. The Labute approximate surface area is 153 Å². The average Bonchev–Trinajstić information content (AvgIpc) is 2.59. The van der Waals surface area contributed by atoms with Crippen molar-refractivity contribution in [3.8, 4) is 0 Å². The number of carbonyl (C=O) groups is 1. The molecule has 0 aromatic heterocycles. The van der Waals surface area contributed by atoms with Gasteiger partial charge in [0.05, 0.1) is 4.90 Å². The first-order chi connectivity index (χ1) is 11.4. The Morgan fingerprint density at radius 1 is 1.24 bits per heavy atom. The van der Waals surface area contributed by atoms with E-state index in [0.29, 0.717) is 24.6 Å². The van der Waals surface area contributed by atoms with Crippen LogP contribution in [0.25, 0.3) is 0 Å². The average molecular weight is 397 g/mol. The summed E-state index contributed by atoms with van der Waals surface area (Å²) in [6.07, 6.45) is 1.83. The molecule has 0 radical (unpaired) electrons. The van der Waals surface area contributed by atoms with Crippen molar-refractivity contribution in [1.82, 2.24) is 10.2 Å². The first-order valence-corrected chi connectivity index (χ1v) is 9.53. The normalized spacial score (nSPS) is 15.9. The number of nitrogens with one attached hydrogen (secondary N) is 1. The third-order valence-electron chi connectivity index (χ3n) is 4.25. The predicted molar refractivity (Wildman–Crippen MR) is 94.1 cm³/mol. The number of halogens is 3. The second-order valence-electron chi connectivity index (χ2n) is 5.87. The Kier molecular flexibility index (Phi) is 8.24. The third-order valence-corrected chi connectivity index (χ3v) is 5.65. The molecule has 0 atom stereocenters. The highest BCUT2D eigenvalue weighted by molar-refractivity contribution is 7.91. The molecule has 0 saturated carbocycles.